The van der Waals surface area contributed by atoms with E-state index in [4.69, 9.17) is 0 Å². The van der Waals surface area contributed by atoms with Crippen molar-refractivity contribution < 1.29 is 0 Å². The standard InChI is InChI=1S/C12H14IN3/c1-7-4-11(14-6-7)12-15-9-3-2-8(13)5-10(9)16-12/h2-3,5,7,11,14H,4,6H2,1H3,(H,15,16)/t7-,11+/m1/s1. The molecule has 4 heteroatoms. The Bertz CT molecular complexity index is 520. The van der Waals surface area contributed by atoms with Crippen molar-refractivity contribution in [3.05, 3.63) is 27.6 Å². The fraction of sp³-hybridized carbons (Fsp3) is 0.417. The Hall–Kier alpha value is -0.620. The lowest BCUT2D eigenvalue weighted by atomic mass is 10.1. The minimum Gasteiger partial charge on any atom is -0.341 e. The van der Waals surface area contributed by atoms with E-state index >= 15 is 0 Å². The van der Waals surface area contributed by atoms with Crippen LogP contribution in [-0.4, -0.2) is 16.5 Å². The fourth-order valence-corrected chi connectivity index (χ4v) is 2.78. The second-order valence-electron chi connectivity index (χ2n) is 4.59. The number of benzene rings is 1. The van der Waals surface area contributed by atoms with Gasteiger partial charge in [0.25, 0.3) is 0 Å². The summed E-state index contributed by atoms with van der Waals surface area (Å²) < 4.78 is 1.24. The molecule has 2 N–H and O–H groups in total. The van der Waals surface area contributed by atoms with Crippen LogP contribution in [0.3, 0.4) is 0 Å². The largest absolute Gasteiger partial charge is 0.341 e. The number of hydrogen-bond acceptors (Lipinski definition) is 2. The van der Waals surface area contributed by atoms with Crippen LogP contribution >= 0.6 is 22.6 Å². The van der Waals surface area contributed by atoms with E-state index in [1.807, 2.05) is 0 Å². The molecule has 0 spiro atoms. The third-order valence-electron chi connectivity index (χ3n) is 3.14. The maximum absolute atomic E-state index is 4.65. The van der Waals surface area contributed by atoms with E-state index in [2.05, 4.69) is 63.0 Å². The summed E-state index contributed by atoms with van der Waals surface area (Å²) in [6.45, 7) is 3.37. The van der Waals surface area contributed by atoms with Crippen LogP contribution in [0.25, 0.3) is 11.0 Å². The summed E-state index contributed by atoms with van der Waals surface area (Å²) in [6.07, 6.45) is 1.18. The van der Waals surface area contributed by atoms with Gasteiger partial charge in [0.15, 0.2) is 0 Å². The van der Waals surface area contributed by atoms with E-state index in [-0.39, 0.29) is 0 Å². The number of fused-ring (bicyclic) bond motifs is 1. The first-order valence-electron chi connectivity index (χ1n) is 5.61. The molecular weight excluding hydrogens is 313 g/mol. The average molecular weight is 327 g/mol. The van der Waals surface area contributed by atoms with E-state index < -0.39 is 0 Å². The Morgan fingerprint density at radius 2 is 2.31 bits per heavy atom. The van der Waals surface area contributed by atoms with Gasteiger partial charge in [-0.3, -0.25) is 0 Å². The smallest absolute Gasteiger partial charge is 0.124 e. The number of H-pyrrole nitrogens is 1. The third-order valence-corrected chi connectivity index (χ3v) is 3.81. The number of halogens is 1. The first kappa shape index (κ1) is 10.5. The zero-order chi connectivity index (χ0) is 11.1. The van der Waals surface area contributed by atoms with Crippen LogP contribution in [0.2, 0.25) is 0 Å². The summed E-state index contributed by atoms with van der Waals surface area (Å²) in [4.78, 5) is 8.07. The lowest BCUT2D eigenvalue weighted by Crippen LogP contribution is -2.14. The molecule has 0 aliphatic carbocycles. The van der Waals surface area contributed by atoms with Gasteiger partial charge in [0.05, 0.1) is 17.1 Å². The first-order valence-corrected chi connectivity index (χ1v) is 6.69. The molecule has 0 bridgehead atoms. The zero-order valence-electron chi connectivity index (χ0n) is 9.13. The van der Waals surface area contributed by atoms with Gasteiger partial charge in [-0.05, 0) is 59.7 Å². The molecule has 16 heavy (non-hydrogen) atoms. The Labute approximate surface area is 108 Å². The van der Waals surface area contributed by atoms with Crippen LogP contribution in [0.15, 0.2) is 18.2 Å². The molecular formula is C12H14IN3. The lowest BCUT2D eigenvalue weighted by Gasteiger charge is -2.04. The molecule has 1 fully saturated rings. The third kappa shape index (κ3) is 1.84. The molecule has 1 aromatic carbocycles. The van der Waals surface area contributed by atoms with E-state index in [1.165, 1.54) is 9.99 Å². The van der Waals surface area contributed by atoms with Crippen molar-refractivity contribution in [3.63, 3.8) is 0 Å². The molecule has 0 radical (unpaired) electrons. The van der Waals surface area contributed by atoms with Crippen molar-refractivity contribution in [2.75, 3.05) is 6.54 Å². The summed E-state index contributed by atoms with van der Waals surface area (Å²) in [7, 11) is 0. The molecule has 1 aliphatic heterocycles. The summed E-state index contributed by atoms with van der Waals surface area (Å²) in [5.74, 6) is 1.83. The van der Waals surface area contributed by atoms with Gasteiger partial charge in [-0.2, -0.15) is 0 Å². The Morgan fingerprint density at radius 1 is 1.44 bits per heavy atom. The van der Waals surface area contributed by atoms with Gasteiger partial charge in [0.1, 0.15) is 5.82 Å². The van der Waals surface area contributed by atoms with Crippen LogP contribution in [0.4, 0.5) is 0 Å². The SMILES string of the molecule is C[C@H]1CN[C@H](c2nc3ccc(I)cc3[nH]2)C1. The van der Waals surface area contributed by atoms with Crippen molar-refractivity contribution in [2.45, 2.75) is 19.4 Å². The van der Waals surface area contributed by atoms with Gasteiger partial charge in [-0.25, -0.2) is 4.98 Å². The first-order chi connectivity index (χ1) is 7.72. The van der Waals surface area contributed by atoms with E-state index in [0.717, 1.165) is 29.3 Å². The molecule has 0 unspecified atom stereocenters. The number of imidazole rings is 1. The molecule has 2 heterocycles. The normalized spacial score (nSPS) is 25.4. The Balaban J connectivity index is 1.99. The van der Waals surface area contributed by atoms with Crippen LogP contribution in [0.5, 0.6) is 0 Å². The average Bonchev–Trinajstić information content (AvgIpc) is 2.83. The highest BCUT2D eigenvalue weighted by Gasteiger charge is 2.24. The number of nitrogens with zero attached hydrogens (tertiary/aromatic N) is 1. The molecule has 84 valence electrons. The van der Waals surface area contributed by atoms with Crippen LogP contribution in [0, 0.1) is 9.49 Å². The highest BCUT2D eigenvalue weighted by Crippen LogP contribution is 2.26. The highest BCUT2D eigenvalue weighted by atomic mass is 127. The number of aromatic nitrogens is 2. The number of aromatic amines is 1. The molecule has 3 nitrogen and oxygen atoms in total. The minimum atomic E-state index is 0.403. The molecule has 1 saturated heterocycles. The van der Waals surface area contributed by atoms with Gasteiger partial charge in [-0.15, -0.1) is 0 Å². The van der Waals surface area contributed by atoms with E-state index in [1.54, 1.807) is 0 Å². The molecule has 1 aliphatic rings. The van der Waals surface area contributed by atoms with Crippen LogP contribution in [0.1, 0.15) is 25.2 Å². The molecule has 0 saturated carbocycles. The molecule has 3 rings (SSSR count). The van der Waals surface area contributed by atoms with Gasteiger partial charge in [0, 0.05) is 3.57 Å². The van der Waals surface area contributed by atoms with E-state index in [9.17, 15) is 0 Å². The second kappa shape index (κ2) is 4.00. The predicted octanol–water partition coefficient (Wildman–Crippen LogP) is 2.84. The van der Waals surface area contributed by atoms with Crippen molar-refractivity contribution in [1.29, 1.82) is 0 Å². The molecule has 1 aromatic heterocycles. The zero-order valence-corrected chi connectivity index (χ0v) is 11.3. The Kier molecular flexibility index (Phi) is 2.63. The fourth-order valence-electron chi connectivity index (χ4n) is 2.29. The predicted molar refractivity (Wildman–Crippen MR) is 73.3 cm³/mol. The summed E-state index contributed by atoms with van der Waals surface area (Å²) in [6, 6.07) is 6.72. The monoisotopic (exact) mass is 327 g/mol. The maximum atomic E-state index is 4.65. The Morgan fingerprint density at radius 3 is 3.06 bits per heavy atom. The van der Waals surface area contributed by atoms with Crippen molar-refractivity contribution in [3.8, 4) is 0 Å². The van der Waals surface area contributed by atoms with Crippen molar-refractivity contribution in [2.24, 2.45) is 5.92 Å². The van der Waals surface area contributed by atoms with Gasteiger partial charge >= 0.3 is 0 Å². The lowest BCUT2D eigenvalue weighted by molar-refractivity contribution is 0.589. The van der Waals surface area contributed by atoms with Crippen molar-refractivity contribution in [1.82, 2.24) is 15.3 Å². The van der Waals surface area contributed by atoms with Gasteiger partial charge in [-0.1, -0.05) is 6.92 Å². The quantitative estimate of drug-likeness (QED) is 0.791. The van der Waals surface area contributed by atoms with Gasteiger partial charge < -0.3 is 10.3 Å². The molecule has 2 aromatic rings. The minimum absolute atomic E-state index is 0.403. The summed E-state index contributed by atoms with van der Waals surface area (Å²) >= 11 is 2.33. The summed E-state index contributed by atoms with van der Waals surface area (Å²) in [5.41, 5.74) is 2.21. The highest BCUT2D eigenvalue weighted by molar-refractivity contribution is 14.1. The van der Waals surface area contributed by atoms with Crippen molar-refractivity contribution >= 4 is 33.6 Å². The number of rotatable bonds is 1. The molecule has 0 amide bonds. The van der Waals surface area contributed by atoms with E-state index in [0.29, 0.717) is 6.04 Å². The maximum Gasteiger partial charge on any atom is 0.124 e. The molecule has 2 atom stereocenters. The van der Waals surface area contributed by atoms with Gasteiger partial charge in [0.2, 0.25) is 0 Å². The number of nitrogens with one attached hydrogen (secondary N) is 2. The van der Waals surface area contributed by atoms with Crippen LogP contribution in [-0.2, 0) is 0 Å². The number of hydrogen-bond donors (Lipinski definition) is 2. The second-order valence-corrected chi connectivity index (χ2v) is 5.83. The summed E-state index contributed by atoms with van der Waals surface area (Å²) in [5, 5.41) is 3.50. The van der Waals surface area contributed by atoms with Crippen LogP contribution < -0.4 is 5.32 Å². The topological polar surface area (TPSA) is 40.7 Å².